The molecule has 0 aliphatic carbocycles. The maximum Gasteiger partial charge on any atom is 0.194 e. The summed E-state index contributed by atoms with van der Waals surface area (Å²) in [5.74, 6) is 1.99. The molecule has 1 heterocycles. The topological polar surface area (TPSA) is 40.1 Å². The van der Waals surface area contributed by atoms with Gasteiger partial charge in [0.15, 0.2) is 5.96 Å². The largest absolute Gasteiger partial charge is 0.495 e. The van der Waals surface area contributed by atoms with Crippen molar-refractivity contribution < 1.29 is 4.74 Å². The molecule has 1 aliphatic rings. The minimum atomic E-state index is 0.884. The van der Waals surface area contributed by atoms with Crippen molar-refractivity contribution in [2.45, 2.75) is 20.3 Å². The molecule has 0 atom stereocenters. The molecule has 0 amide bonds. The number of methoxy groups -OCH3 is 1. The molecule has 1 N–H and O–H groups in total. The molecule has 22 heavy (non-hydrogen) atoms. The lowest BCUT2D eigenvalue weighted by atomic mass is 10.2. The summed E-state index contributed by atoms with van der Waals surface area (Å²) in [6.07, 6.45) is 1.08. The zero-order valence-electron chi connectivity index (χ0n) is 14.0. The fourth-order valence-corrected chi connectivity index (χ4v) is 2.69. The van der Waals surface area contributed by atoms with Gasteiger partial charge in [-0.2, -0.15) is 0 Å². The van der Waals surface area contributed by atoms with Gasteiger partial charge in [-0.3, -0.25) is 4.99 Å². The van der Waals surface area contributed by atoms with Crippen molar-refractivity contribution in [3.8, 4) is 5.75 Å². The summed E-state index contributed by atoms with van der Waals surface area (Å²) in [5, 5.41) is 3.40. The second kappa shape index (κ2) is 8.51. The summed E-state index contributed by atoms with van der Waals surface area (Å²) in [7, 11) is 1.73. The molecule has 0 bridgehead atoms. The van der Waals surface area contributed by atoms with Crippen molar-refractivity contribution >= 4 is 11.6 Å². The van der Waals surface area contributed by atoms with Gasteiger partial charge in [0.2, 0.25) is 0 Å². The molecule has 1 saturated heterocycles. The van der Waals surface area contributed by atoms with Crippen LogP contribution in [0.4, 0.5) is 5.69 Å². The number of para-hydroxylation sites is 2. The van der Waals surface area contributed by atoms with Gasteiger partial charge in [-0.25, -0.2) is 0 Å². The first-order valence-corrected chi connectivity index (χ1v) is 8.21. The first-order valence-electron chi connectivity index (χ1n) is 8.21. The fourth-order valence-electron chi connectivity index (χ4n) is 2.69. The SMILES string of the molecule is CCCN=C(NCC)N1CCN(c2ccccc2OC)CC1. The predicted octanol–water partition coefficient (Wildman–Crippen LogP) is 2.19. The number of aliphatic imine (C=N–C) groups is 1. The third-order valence-corrected chi connectivity index (χ3v) is 3.83. The number of nitrogens with zero attached hydrogens (tertiary/aromatic N) is 3. The highest BCUT2D eigenvalue weighted by Crippen LogP contribution is 2.28. The maximum absolute atomic E-state index is 5.47. The van der Waals surface area contributed by atoms with E-state index in [1.807, 2.05) is 12.1 Å². The highest BCUT2D eigenvalue weighted by atomic mass is 16.5. The lowest BCUT2D eigenvalue weighted by Crippen LogP contribution is -2.52. The molecule has 1 aromatic rings. The monoisotopic (exact) mass is 304 g/mol. The number of anilines is 1. The van der Waals surface area contributed by atoms with Crippen LogP contribution in [0.15, 0.2) is 29.3 Å². The van der Waals surface area contributed by atoms with E-state index >= 15 is 0 Å². The fraction of sp³-hybridized carbons (Fsp3) is 0.588. The van der Waals surface area contributed by atoms with Crippen LogP contribution in [0.2, 0.25) is 0 Å². The van der Waals surface area contributed by atoms with Crippen LogP contribution in [-0.2, 0) is 0 Å². The van der Waals surface area contributed by atoms with E-state index in [9.17, 15) is 0 Å². The van der Waals surface area contributed by atoms with E-state index in [-0.39, 0.29) is 0 Å². The summed E-state index contributed by atoms with van der Waals surface area (Å²) in [5.41, 5.74) is 1.18. The number of hydrogen-bond acceptors (Lipinski definition) is 3. The van der Waals surface area contributed by atoms with Gasteiger partial charge in [-0.1, -0.05) is 19.1 Å². The highest BCUT2D eigenvalue weighted by molar-refractivity contribution is 5.80. The Hall–Kier alpha value is -1.91. The molecule has 5 heteroatoms. The Morgan fingerprint density at radius 2 is 1.91 bits per heavy atom. The van der Waals surface area contributed by atoms with Gasteiger partial charge in [0.1, 0.15) is 5.75 Å². The molecule has 1 aliphatic heterocycles. The van der Waals surface area contributed by atoms with Gasteiger partial charge in [0, 0.05) is 39.3 Å². The number of nitrogens with one attached hydrogen (secondary N) is 1. The first-order chi connectivity index (χ1) is 10.8. The molecule has 0 saturated carbocycles. The maximum atomic E-state index is 5.47. The number of rotatable bonds is 5. The molecule has 0 aromatic heterocycles. The van der Waals surface area contributed by atoms with Gasteiger partial charge >= 0.3 is 0 Å². The molecule has 2 rings (SSSR count). The summed E-state index contributed by atoms with van der Waals surface area (Å²) in [6.45, 7) is 10.00. The standard InChI is InChI=1S/C17H28N4O/c1-4-10-19-17(18-5-2)21-13-11-20(12-14-21)15-8-6-7-9-16(15)22-3/h6-9H,4-5,10-14H2,1-3H3,(H,18,19). The average molecular weight is 304 g/mol. The van der Waals surface area contributed by atoms with Crippen LogP contribution < -0.4 is 15.0 Å². The van der Waals surface area contributed by atoms with Crippen LogP contribution in [0.1, 0.15) is 20.3 Å². The van der Waals surface area contributed by atoms with E-state index in [2.05, 4.69) is 46.1 Å². The second-order valence-electron chi connectivity index (χ2n) is 5.38. The Morgan fingerprint density at radius 3 is 2.55 bits per heavy atom. The average Bonchev–Trinajstić information content (AvgIpc) is 2.59. The van der Waals surface area contributed by atoms with Crippen LogP contribution in [0.5, 0.6) is 5.75 Å². The molecule has 122 valence electrons. The van der Waals surface area contributed by atoms with Crippen LogP contribution in [0, 0.1) is 0 Å². The molecule has 0 radical (unpaired) electrons. The Bertz CT molecular complexity index is 481. The van der Waals surface area contributed by atoms with E-state index in [0.717, 1.165) is 57.4 Å². The number of guanidine groups is 1. The van der Waals surface area contributed by atoms with E-state index in [1.54, 1.807) is 7.11 Å². The molecular weight excluding hydrogens is 276 g/mol. The Morgan fingerprint density at radius 1 is 1.18 bits per heavy atom. The lowest BCUT2D eigenvalue weighted by molar-refractivity contribution is 0.367. The minimum Gasteiger partial charge on any atom is -0.495 e. The van der Waals surface area contributed by atoms with Crippen molar-refractivity contribution in [1.82, 2.24) is 10.2 Å². The number of piperazine rings is 1. The molecule has 0 spiro atoms. The number of hydrogen-bond donors (Lipinski definition) is 1. The smallest absolute Gasteiger partial charge is 0.194 e. The number of ether oxygens (including phenoxy) is 1. The van der Waals surface area contributed by atoms with Gasteiger partial charge in [-0.05, 0) is 25.5 Å². The quantitative estimate of drug-likeness (QED) is 0.669. The van der Waals surface area contributed by atoms with Crippen molar-refractivity contribution in [2.75, 3.05) is 51.3 Å². The van der Waals surface area contributed by atoms with Crippen molar-refractivity contribution in [3.63, 3.8) is 0 Å². The Kier molecular flexibility index (Phi) is 6.37. The van der Waals surface area contributed by atoms with Gasteiger partial charge in [0.25, 0.3) is 0 Å². The number of benzene rings is 1. The zero-order valence-corrected chi connectivity index (χ0v) is 14.0. The van der Waals surface area contributed by atoms with Gasteiger partial charge < -0.3 is 19.9 Å². The third kappa shape index (κ3) is 4.06. The van der Waals surface area contributed by atoms with Crippen LogP contribution >= 0.6 is 0 Å². The summed E-state index contributed by atoms with van der Waals surface area (Å²) >= 11 is 0. The summed E-state index contributed by atoms with van der Waals surface area (Å²) in [4.78, 5) is 9.42. The van der Waals surface area contributed by atoms with Crippen molar-refractivity contribution in [3.05, 3.63) is 24.3 Å². The van der Waals surface area contributed by atoms with Crippen molar-refractivity contribution in [2.24, 2.45) is 4.99 Å². The van der Waals surface area contributed by atoms with Crippen LogP contribution in [0.3, 0.4) is 0 Å². The van der Waals surface area contributed by atoms with Gasteiger partial charge in [0.05, 0.1) is 12.8 Å². The van der Waals surface area contributed by atoms with E-state index in [1.165, 1.54) is 5.69 Å². The van der Waals surface area contributed by atoms with E-state index < -0.39 is 0 Å². The molecule has 1 fully saturated rings. The summed E-state index contributed by atoms with van der Waals surface area (Å²) in [6, 6.07) is 8.23. The van der Waals surface area contributed by atoms with Crippen LogP contribution in [-0.4, -0.2) is 57.2 Å². The Labute approximate surface area is 134 Å². The van der Waals surface area contributed by atoms with Crippen LogP contribution in [0.25, 0.3) is 0 Å². The normalized spacial score (nSPS) is 15.9. The minimum absolute atomic E-state index is 0.884. The summed E-state index contributed by atoms with van der Waals surface area (Å²) < 4.78 is 5.47. The molecule has 1 aromatic carbocycles. The third-order valence-electron chi connectivity index (χ3n) is 3.83. The van der Waals surface area contributed by atoms with Gasteiger partial charge in [-0.15, -0.1) is 0 Å². The highest BCUT2D eigenvalue weighted by Gasteiger charge is 2.21. The first kappa shape index (κ1) is 16.5. The molecule has 5 nitrogen and oxygen atoms in total. The zero-order chi connectivity index (χ0) is 15.8. The molecule has 0 unspecified atom stereocenters. The van der Waals surface area contributed by atoms with E-state index in [0.29, 0.717) is 0 Å². The predicted molar refractivity (Wildman–Crippen MR) is 93.0 cm³/mol. The molecular formula is C17H28N4O. The van der Waals surface area contributed by atoms with E-state index in [4.69, 9.17) is 4.74 Å². The Balaban J connectivity index is 2.00. The second-order valence-corrected chi connectivity index (χ2v) is 5.38. The van der Waals surface area contributed by atoms with Crippen molar-refractivity contribution in [1.29, 1.82) is 0 Å². The lowest BCUT2D eigenvalue weighted by Gasteiger charge is -2.38.